The first-order chi connectivity index (χ1) is 22.0. The quantitative estimate of drug-likeness (QED) is 0.216. The lowest BCUT2D eigenvalue weighted by atomic mass is 9.51. The van der Waals surface area contributed by atoms with Crippen LogP contribution in [0.2, 0.25) is 5.02 Å². The lowest BCUT2D eigenvalue weighted by Crippen LogP contribution is -2.48. The zero-order chi connectivity index (χ0) is 32.7. The van der Waals surface area contributed by atoms with Crippen molar-refractivity contribution in [2.45, 2.75) is 32.6 Å². The first-order valence-corrected chi connectivity index (χ1v) is 15.5. The maximum Gasteiger partial charge on any atom is 0.241 e. The number of amides is 4. The number of rotatable bonds is 5. The second-order valence-electron chi connectivity index (χ2n) is 12.7. The van der Waals surface area contributed by atoms with Crippen molar-refractivity contribution in [3.05, 3.63) is 94.5 Å². The number of halogens is 1. The zero-order valence-corrected chi connectivity index (χ0v) is 26.2. The van der Waals surface area contributed by atoms with Crippen LogP contribution in [0.1, 0.15) is 48.5 Å². The number of allylic oxidation sites excluding steroid dienone is 2. The summed E-state index contributed by atoms with van der Waals surface area (Å²) in [5.74, 6) is -5.14. The number of ether oxygens (including phenoxy) is 1. The second kappa shape index (κ2) is 10.7. The number of aromatic hydroxyl groups is 1. The number of phenols is 1. The lowest BCUT2D eigenvalue weighted by molar-refractivity contribution is -0.131. The lowest BCUT2D eigenvalue weighted by Gasteiger charge is -2.49. The molecule has 0 radical (unpaired) electrons. The molecule has 3 aromatic carbocycles. The highest BCUT2D eigenvalue weighted by molar-refractivity contribution is 6.32. The van der Waals surface area contributed by atoms with E-state index in [0.717, 1.165) is 5.57 Å². The predicted octanol–water partition coefficient (Wildman–Crippen LogP) is 5.69. The molecule has 6 unspecified atom stereocenters. The molecule has 4 amide bonds. The molecular formula is C36H31ClN2O7. The van der Waals surface area contributed by atoms with E-state index in [1.807, 2.05) is 6.08 Å². The SMILES string of the molecule is COc1cc(C2C3=CCC4C(=O)N(c5ccc(C(C)=O)cc5)C(=O)C4C3CC3C(=O)N(c4ccccc4)C(=O)C32C)cc(Cl)c1O. The Morgan fingerprint density at radius 3 is 2.24 bits per heavy atom. The van der Waals surface area contributed by atoms with Crippen LogP contribution in [-0.2, 0) is 19.2 Å². The summed E-state index contributed by atoms with van der Waals surface area (Å²) in [5, 5.41) is 10.6. The smallest absolute Gasteiger partial charge is 0.241 e. The molecule has 2 saturated heterocycles. The van der Waals surface area contributed by atoms with Crippen LogP contribution in [0.4, 0.5) is 11.4 Å². The van der Waals surface area contributed by atoms with Crippen LogP contribution in [0, 0.1) is 29.1 Å². The Kier molecular flexibility index (Phi) is 6.93. The number of methoxy groups -OCH3 is 1. The highest BCUT2D eigenvalue weighted by atomic mass is 35.5. The Morgan fingerprint density at radius 2 is 1.59 bits per heavy atom. The molecule has 9 nitrogen and oxygen atoms in total. The molecule has 10 heteroatoms. The van der Waals surface area contributed by atoms with Crippen molar-refractivity contribution in [1.29, 1.82) is 0 Å². The molecule has 2 heterocycles. The van der Waals surface area contributed by atoms with Gasteiger partial charge in [-0.05, 0) is 86.7 Å². The molecule has 2 aliphatic heterocycles. The van der Waals surface area contributed by atoms with Crippen molar-refractivity contribution >= 4 is 52.4 Å². The number of para-hydroxylation sites is 1. The number of fused-ring (bicyclic) bond motifs is 4. The van der Waals surface area contributed by atoms with Gasteiger partial charge in [0, 0.05) is 11.5 Å². The van der Waals surface area contributed by atoms with E-state index in [-0.39, 0.29) is 58.8 Å². The summed E-state index contributed by atoms with van der Waals surface area (Å²) in [5.41, 5.74) is 1.39. The van der Waals surface area contributed by atoms with Gasteiger partial charge in [0.2, 0.25) is 23.6 Å². The minimum Gasteiger partial charge on any atom is -0.503 e. The topological polar surface area (TPSA) is 121 Å². The number of nitrogens with zero attached hydrogens (tertiary/aromatic N) is 2. The predicted molar refractivity (Wildman–Crippen MR) is 170 cm³/mol. The summed E-state index contributed by atoms with van der Waals surface area (Å²) in [4.78, 5) is 71.1. The zero-order valence-electron chi connectivity index (χ0n) is 25.4. The Morgan fingerprint density at radius 1 is 0.913 bits per heavy atom. The Bertz CT molecular complexity index is 1870. The molecule has 46 heavy (non-hydrogen) atoms. The summed E-state index contributed by atoms with van der Waals surface area (Å²) in [6, 6.07) is 18.3. The second-order valence-corrected chi connectivity index (χ2v) is 13.1. The molecule has 3 fully saturated rings. The number of carbonyl (C=O) groups excluding carboxylic acids is 5. The molecule has 3 aromatic rings. The van der Waals surface area contributed by atoms with Crippen LogP contribution < -0.4 is 14.5 Å². The molecule has 6 atom stereocenters. The van der Waals surface area contributed by atoms with Crippen molar-refractivity contribution < 1.29 is 33.8 Å². The molecule has 0 bridgehead atoms. The maximum absolute atomic E-state index is 14.5. The average Bonchev–Trinajstić information content (AvgIpc) is 3.42. The van der Waals surface area contributed by atoms with E-state index < -0.39 is 35.0 Å². The fraction of sp³-hybridized carbons (Fsp3) is 0.306. The third-order valence-electron chi connectivity index (χ3n) is 10.4. The maximum atomic E-state index is 14.5. The van der Waals surface area contributed by atoms with Gasteiger partial charge < -0.3 is 9.84 Å². The number of ketones is 1. The van der Waals surface area contributed by atoms with Crippen molar-refractivity contribution in [3.63, 3.8) is 0 Å². The summed E-state index contributed by atoms with van der Waals surface area (Å²) < 4.78 is 5.42. The molecule has 1 saturated carbocycles. The number of anilines is 2. The van der Waals surface area contributed by atoms with Gasteiger partial charge in [-0.1, -0.05) is 41.4 Å². The van der Waals surface area contributed by atoms with Crippen molar-refractivity contribution in [2.75, 3.05) is 16.9 Å². The summed E-state index contributed by atoms with van der Waals surface area (Å²) in [6.45, 7) is 3.23. The minimum atomic E-state index is -1.26. The summed E-state index contributed by atoms with van der Waals surface area (Å²) in [6.07, 6.45) is 2.42. The van der Waals surface area contributed by atoms with Gasteiger partial charge in [0.25, 0.3) is 0 Å². The number of carbonyl (C=O) groups is 5. The van der Waals surface area contributed by atoms with Gasteiger partial charge in [-0.3, -0.25) is 28.9 Å². The third kappa shape index (κ3) is 4.10. The van der Waals surface area contributed by atoms with Gasteiger partial charge in [-0.25, -0.2) is 4.90 Å². The standard InChI is InChI=1S/C36H31ClN2O7/c1-18(40)19-9-11-22(12-10-19)38-32(42)24-14-13-23-25(29(24)34(38)44)17-26-33(43)39(21-7-5-4-6-8-21)35(45)36(26,2)30(23)20-15-27(37)31(41)28(16-20)46-3/h4-13,15-16,24-26,29-30,41H,14,17H2,1-3H3. The number of hydrogen-bond acceptors (Lipinski definition) is 7. The highest BCUT2D eigenvalue weighted by Crippen LogP contribution is 2.64. The average molecular weight is 639 g/mol. The van der Waals surface area contributed by atoms with Gasteiger partial charge in [0.15, 0.2) is 17.3 Å². The van der Waals surface area contributed by atoms with Crippen LogP contribution in [0.15, 0.2) is 78.4 Å². The molecule has 7 rings (SSSR count). The van der Waals surface area contributed by atoms with Gasteiger partial charge >= 0.3 is 0 Å². The van der Waals surface area contributed by atoms with E-state index in [2.05, 4.69) is 0 Å². The Balaban J connectivity index is 1.37. The Hall–Kier alpha value is -4.76. The molecule has 4 aliphatic rings. The van der Waals surface area contributed by atoms with E-state index in [1.54, 1.807) is 73.7 Å². The number of Topliss-reactive ketones (excluding diaryl/α,β-unsaturated/α-hetero) is 1. The number of hydrogen-bond donors (Lipinski definition) is 1. The first-order valence-electron chi connectivity index (χ1n) is 15.2. The minimum absolute atomic E-state index is 0.0231. The fourth-order valence-electron chi connectivity index (χ4n) is 8.23. The van der Waals surface area contributed by atoms with Crippen LogP contribution >= 0.6 is 11.6 Å². The highest BCUT2D eigenvalue weighted by Gasteiger charge is 2.67. The molecule has 0 spiro atoms. The first kappa shape index (κ1) is 29.9. The van der Waals surface area contributed by atoms with Crippen molar-refractivity contribution in [2.24, 2.45) is 29.1 Å². The van der Waals surface area contributed by atoms with Crippen LogP contribution in [0.5, 0.6) is 11.5 Å². The van der Waals surface area contributed by atoms with Crippen molar-refractivity contribution in [3.8, 4) is 11.5 Å². The Labute approximate surface area is 270 Å². The number of benzene rings is 3. The van der Waals surface area contributed by atoms with E-state index in [0.29, 0.717) is 22.5 Å². The van der Waals surface area contributed by atoms with E-state index >= 15 is 0 Å². The fourth-order valence-corrected chi connectivity index (χ4v) is 8.45. The van der Waals surface area contributed by atoms with Gasteiger partial charge in [0.1, 0.15) is 0 Å². The van der Waals surface area contributed by atoms with Crippen LogP contribution in [-0.4, -0.2) is 41.6 Å². The molecule has 0 aromatic heterocycles. The molecule has 1 N–H and O–H groups in total. The summed E-state index contributed by atoms with van der Waals surface area (Å²) >= 11 is 6.48. The summed E-state index contributed by atoms with van der Waals surface area (Å²) in [7, 11) is 1.40. The van der Waals surface area contributed by atoms with Crippen LogP contribution in [0.25, 0.3) is 0 Å². The van der Waals surface area contributed by atoms with Gasteiger partial charge in [-0.2, -0.15) is 0 Å². The third-order valence-corrected chi connectivity index (χ3v) is 10.7. The van der Waals surface area contributed by atoms with Gasteiger partial charge in [-0.15, -0.1) is 0 Å². The van der Waals surface area contributed by atoms with Crippen molar-refractivity contribution in [1.82, 2.24) is 0 Å². The normalized spacial score (nSPS) is 28.5. The molecule has 234 valence electrons. The molecule has 2 aliphatic carbocycles. The van der Waals surface area contributed by atoms with E-state index in [9.17, 15) is 29.1 Å². The molecular weight excluding hydrogens is 608 g/mol. The number of imide groups is 2. The monoisotopic (exact) mass is 638 g/mol. The number of phenolic OH excluding ortho intramolecular Hbond substituents is 1. The van der Waals surface area contributed by atoms with Gasteiger partial charge in [0.05, 0.1) is 46.7 Å². The largest absolute Gasteiger partial charge is 0.503 e. The van der Waals surface area contributed by atoms with E-state index in [4.69, 9.17) is 16.3 Å². The van der Waals surface area contributed by atoms with Crippen LogP contribution in [0.3, 0.4) is 0 Å². The van der Waals surface area contributed by atoms with E-state index in [1.165, 1.54) is 23.8 Å².